The first kappa shape index (κ1) is 20.3. The van der Waals surface area contributed by atoms with Crippen LogP contribution in [0.15, 0.2) is 63.7 Å². The van der Waals surface area contributed by atoms with Gasteiger partial charge >= 0.3 is 0 Å². The van der Waals surface area contributed by atoms with Crippen molar-refractivity contribution in [3.8, 4) is 0 Å². The second kappa shape index (κ2) is 9.23. The number of H-pyrrole nitrogens is 1. The van der Waals surface area contributed by atoms with Crippen LogP contribution in [0.5, 0.6) is 0 Å². The Morgan fingerprint density at radius 1 is 1.13 bits per heavy atom. The lowest BCUT2D eigenvalue weighted by Crippen LogP contribution is -2.12. The molecule has 0 aliphatic rings. The number of aromatic amines is 1. The first-order valence-electron chi connectivity index (χ1n) is 9.49. The summed E-state index contributed by atoms with van der Waals surface area (Å²) in [6.07, 6.45) is 1.08. The first-order valence-corrected chi connectivity index (χ1v) is 11.3. The van der Waals surface area contributed by atoms with Gasteiger partial charge in [-0.2, -0.15) is 0 Å². The molecule has 2 aromatic carbocycles. The van der Waals surface area contributed by atoms with Gasteiger partial charge in [-0.05, 0) is 31.0 Å². The molecule has 6 nitrogen and oxygen atoms in total. The topological polar surface area (TPSA) is 87.7 Å². The molecule has 152 valence electrons. The molecule has 8 heteroatoms. The van der Waals surface area contributed by atoms with Gasteiger partial charge in [-0.15, -0.1) is 10.2 Å². The van der Waals surface area contributed by atoms with Gasteiger partial charge in [0.1, 0.15) is 0 Å². The van der Waals surface area contributed by atoms with Gasteiger partial charge in [0.15, 0.2) is 9.77 Å². The first-order chi connectivity index (χ1) is 14.6. The van der Waals surface area contributed by atoms with Gasteiger partial charge in [0.05, 0.1) is 0 Å². The molecular weight excluding hydrogens is 416 g/mol. The highest BCUT2D eigenvalue weighted by Gasteiger charge is 2.10. The number of hydrogen-bond acceptors (Lipinski definition) is 6. The van der Waals surface area contributed by atoms with E-state index in [0.717, 1.165) is 26.7 Å². The van der Waals surface area contributed by atoms with E-state index in [1.54, 1.807) is 6.07 Å². The molecule has 0 saturated carbocycles. The summed E-state index contributed by atoms with van der Waals surface area (Å²) in [4.78, 5) is 27.8. The molecule has 4 aromatic rings. The van der Waals surface area contributed by atoms with E-state index < -0.39 is 0 Å². The number of aromatic nitrogens is 3. The summed E-state index contributed by atoms with van der Waals surface area (Å²) < 4.78 is 0.734. The maximum Gasteiger partial charge on any atom is 0.226 e. The number of pyridine rings is 1. The summed E-state index contributed by atoms with van der Waals surface area (Å²) in [6, 6.07) is 17.3. The average Bonchev–Trinajstić information content (AvgIpc) is 3.19. The molecule has 2 aromatic heterocycles. The van der Waals surface area contributed by atoms with Crippen LogP contribution in [-0.4, -0.2) is 21.1 Å². The lowest BCUT2D eigenvalue weighted by molar-refractivity contribution is -0.116. The van der Waals surface area contributed by atoms with Gasteiger partial charge in [-0.1, -0.05) is 65.1 Å². The number of fused-ring (bicyclic) bond motifs is 1. The van der Waals surface area contributed by atoms with Gasteiger partial charge in [-0.25, -0.2) is 0 Å². The molecule has 0 bridgehead atoms. The molecule has 0 saturated heterocycles. The number of nitrogens with zero attached hydrogens (tertiary/aromatic N) is 2. The van der Waals surface area contributed by atoms with Gasteiger partial charge in [0, 0.05) is 34.8 Å². The van der Waals surface area contributed by atoms with Crippen LogP contribution in [0.1, 0.15) is 23.2 Å². The summed E-state index contributed by atoms with van der Waals surface area (Å²) >= 11 is 2.80. The van der Waals surface area contributed by atoms with Crippen molar-refractivity contribution in [3.05, 3.63) is 81.6 Å². The number of amides is 1. The summed E-state index contributed by atoms with van der Waals surface area (Å²) in [5, 5.41) is 12.2. The Hall–Kier alpha value is -2.97. The zero-order valence-electron chi connectivity index (χ0n) is 16.3. The van der Waals surface area contributed by atoms with E-state index in [2.05, 4.69) is 20.5 Å². The van der Waals surface area contributed by atoms with Crippen molar-refractivity contribution in [2.75, 3.05) is 5.32 Å². The molecule has 0 spiro atoms. The molecule has 2 N–H and O–H groups in total. The highest BCUT2D eigenvalue weighted by molar-refractivity contribution is 8.00. The van der Waals surface area contributed by atoms with E-state index in [9.17, 15) is 9.59 Å². The molecule has 2 heterocycles. The number of nitrogens with one attached hydrogen (secondary N) is 2. The summed E-state index contributed by atoms with van der Waals surface area (Å²) in [6.45, 7) is 1.97. The molecule has 4 rings (SSSR count). The highest BCUT2D eigenvalue weighted by Crippen LogP contribution is 2.28. The quantitative estimate of drug-likeness (QED) is 0.328. The summed E-state index contributed by atoms with van der Waals surface area (Å²) in [7, 11) is 0. The van der Waals surface area contributed by atoms with Crippen LogP contribution in [0.25, 0.3) is 10.9 Å². The average molecular weight is 437 g/mol. The van der Waals surface area contributed by atoms with E-state index in [0.29, 0.717) is 29.1 Å². The number of anilines is 1. The third kappa shape index (κ3) is 5.14. The minimum Gasteiger partial charge on any atom is -0.357 e. The lowest BCUT2D eigenvalue weighted by atomic mass is 10.1. The number of benzene rings is 2. The minimum absolute atomic E-state index is 0.00619. The van der Waals surface area contributed by atoms with Crippen molar-refractivity contribution in [2.24, 2.45) is 0 Å². The number of hydrogen-bond donors (Lipinski definition) is 2. The third-order valence-electron chi connectivity index (χ3n) is 4.53. The molecule has 0 radical (unpaired) electrons. The molecule has 0 aliphatic carbocycles. The predicted octanol–water partition coefficient (Wildman–Crippen LogP) is 4.55. The van der Waals surface area contributed by atoms with Crippen molar-refractivity contribution < 1.29 is 4.79 Å². The monoisotopic (exact) mass is 436 g/mol. The van der Waals surface area contributed by atoms with Crippen LogP contribution in [-0.2, 0) is 17.0 Å². The maximum absolute atomic E-state index is 12.4. The number of carbonyl (C=O) groups excluding carboxylic acids is 1. The van der Waals surface area contributed by atoms with Crippen LogP contribution in [0.3, 0.4) is 0 Å². The Morgan fingerprint density at radius 3 is 2.80 bits per heavy atom. The van der Waals surface area contributed by atoms with Gasteiger partial charge in [0.2, 0.25) is 11.0 Å². The third-order valence-corrected chi connectivity index (χ3v) is 6.55. The van der Waals surface area contributed by atoms with E-state index in [4.69, 9.17) is 0 Å². The van der Waals surface area contributed by atoms with Crippen LogP contribution in [0.4, 0.5) is 5.13 Å². The Morgan fingerprint density at radius 2 is 1.97 bits per heavy atom. The standard InChI is InChI=1S/C22H20N4O2S2/c1-14-7-9-18-17(11-14)19(27)12-16(23-18)13-29-22-26-25-21(30-22)24-20(28)10-8-15-5-3-2-4-6-15/h2-7,9,11-12H,8,10,13H2,1H3,(H,23,27)(H,24,25,28). The Balaban J connectivity index is 1.33. The molecule has 0 aliphatic heterocycles. The Kier molecular flexibility index (Phi) is 6.25. The SMILES string of the molecule is Cc1ccc2[nH]c(CSc3nnc(NC(=O)CCc4ccccc4)s3)cc(=O)c2c1. The van der Waals surface area contributed by atoms with E-state index >= 15 is 0 Å². The van der Waals surface area contributed by atoms with Gasteiger partial charge in [0.25, 0.3) is 0 Å². The molecule has 0 fully saturated rings. The molecule has 0 unspecified atom stereocenters. The van der Waals surface area contributed by atoms with Crippen molar-refractivity contribution in [1.29, 1.82) is 0 Å². The summed E-state index contributed by atoms with van der Waals surface area (Å²) in [5.41, 5.74) is 3.84. The van der Waals surface area contributed by atoms with Gasteiger partial charge in [-0.3, -0.25) is 9.59 Å². The number of thioether (sulfide) groups is 1. The zero-order chi connectivity index (χ0) is 20.9. The minimum atomic E-state index is -0.0827. The fourth-order valence-corrected chi connectivity index (χ4v) is 4.71. The normalized spacial score (nSPS) is 11.0. The number of rotatable bonds is 7. The Labute approximate surface area is 181 Å². The maximum atomic E-state index is 12.4. The zero-order valence-corrected chi connectivity index (χ0v) is 18.0. The highest BCUT2D eigenvalue weighted by atomic mass is 32.2. The van der Waals surface area contributed by atoms with Gasteiger partial charge < -0.3 is 10.3 Å². The van der Waals surface area contributed by atoms with E-state index in [1.807, 2.05) is 55.5 Å². The second-order valence-electron chi connectivity index (χ2n) is 6.90. The number of carbonyl (C=O) groups is 1. The van der Waals surface area contributed by atoms with Crippen LogP contribution < -0.4 is 10.7 Å². The number of aryl methyl sites for hydroxylation is 2. The fraction of sp³-hybridized carbons (Fsp3) is 0.182. The predicted molar refractivity (Wildman–Crippen MR) is 122 cm³/mol. The molecular formula is C22H20N4O2S2. The molecule has 30 heavy (non-hydrogen) atoms. The lowest BCUT2D eigenvalue weighted by Gasteiger charge is -2.04. The summed E-state index contributed by atoms with van der Waals surface area (Å²) in [5.74, 6) is 0.482. The molecule has 1 amide bonds. The van der Waals surface area contributed by atoms with Crippen LogP contribution in [0.2, 0.25) is 0 Å². The smallest absolute Gasteiger partial charge is 0.226 e. The Bertz CT molecular complexity index is 1230. The van der Waals surface area contributed by atoms with Crippen LogP contribution in [0, 0.1) is 6.92 Å². The largest absolute Gasteiger partial charge is 0.357 e. The molecule has 0 atom stereocenters. The second-order valence-corrected chi connectivity index (χ2v) is 9.10. The van der Waals surface area contributed by atoms with Crippen molar-refractivity contribution in [1.82, 2.24) is 15.2 Å². The van der Waals surface area contributed by atoms with Crippen molar-refractivity contribution in [2.45, 2.75) is 29.9 Å². The van der Waals surface area contributed by atoms with E-state index in [-0.39, 0.29) is 11.3 Å². The van der Waals surface area contributed by atoms with Crippen molar-refractivity contribution in [3.63, 3.8) is 0 Å². The van der Waals surface area contributed by atoms with Crippen LogP contribution >= 0.6 is 23.1 Å². The fourth-order valence-electron chi connectivity index (χ4n) is 3.04. The van der Waals surface area contributed by atoms with E-state index in [1.165, 1.54) is 23.1 Å². The van der Waals surface area contributed by atoms with Crippen molar-refractivity contribution >= 4 is 45.0 Å².